The summed E-state index contributed by atoms with van der Waals surface area (Å²) in [5.41, 5.74) is 2.75. The molecule has 0 saturated carbocycles. The van der Waals surface area contributed by atoms with Gasteiger partial charge in [-0.15, -0.1) is 11.8 Å². The van der Waals surface area contributed by atoms with Crippen LogP contribution in [-0.2, 0) is 0 Å². The number of methoxy groups -OCH3 is 1. The highest BCUT2D eigenvalue weighted by Gasteiger charge is 2.28. The lowest BCUT2D eigenvalue weighted by Crippen LogP contribution is -2.42. The molecule has 0 aliphatic carbocycles. The molecule has 0 radical (unpaired) electrons. The van der Waals surface area contributed by atoms with Crippen molar-refractivity contribution in [2.45, 2.75) is 30.4 Å². The van der Waals surface area contributed by atoms with Gasteiger partial charge in [0.2, 0.25) is 0 Å². The summed E-state index contributed by atoms with van der Waals surface area (Å²) in [7, 11) is 1.61. The van der Waals surface area contributed by atoms with Crippen LogP contribution in [0, 0.1) is 6.92 Å². The van der Waals surface area contributed by atoms with Crippen molar-refractivity contribution in [2.24, 2.45) is 0 Å². The molecule has 1 atom stereocenters. The second-order valence-corrected chi connectivity index (χ2v) is 7.20. The molecule has 1 aliphatic rings. The van der Waals surface area contributed by atoms with E-state index in [-0.39, 0.29) is 6.03 Å². The van der Waals surface area contributed by atoms with Gasteiger partial charge in [-0.1, -0.05) is 25.1 Å². The number of aryl methyl sites for hydroxylation is 1. The van der Waals surface area contributed by atoms with E-state index in [1.165, 1.54) is 0 Å². The Labute approximate surface area is 147 Å². The Hall–Kier alpha value is -2.14. The fraction of sp³-hybridized carbons (Fsp3) is 0.316. The van der Waals surface area contributed by atoms with Crippen molar-refractivity contribution in [3.63, 3.8) is 0 Å². The molecule has 0 saturated heterocycles. The summed E-state index contributed by atoms with van der Waals surface area (Å²) in [6, 6.07) is 13.7. The van der Waals surface area contributed by atoms with Gasteiger partial charge in [-0.05, 0) is 43.2 Å². The van der Waals surface area contributed by atoms with Crippen molar-refractivity contribution >= 4 is 29.2 Å². The molecule has 0 aromatic heterocycles. The van der Waals surface area contributed by atoms with E-state index >= 15 is 0 Å². The second-order valence-electron chi connectivity index (χ2n) is 5.86. The number of rotatable bonds is 3. The number of carbonyl (C=O) groups is 1. The predicted octanol–water partition coefficient (Wildman–Crippen LogP) is 4.93. The number of anilines is 2. The summed E-state index contributed by atoms with van der Waals surface area (Å²) in [5.74, 6) is 0.667. The van der Waals surface area contributed by atoms with Gasteiger partial charge < -0.3 is 10.1 Å². The van der Waals surface area contributed by atoms with Gasteiger partial charge in [-0.25, -0.2) is 4.79 Å². The number of thioether (sulfide) groups is 1. The van der Waals surface area contributed by atoms with Gasteiger partial charge in [0.05, 0.1) is 18.5 Å². The van der Waals surface area contributed by atoms with Crippen LogP contribution in [0.5, 0.6) is 5.75 Å². The minimum absolute atomic E-state index is 0.120. The Morgan fingerprint density at radius 2 is 2.12 bits per heavy atom. The number of hydrogen-bond acceptors (Lipinski definition) is 3. The average molecular weight is 342 g/mol. The Balaban J connectivity index is 1.88. The maximum Gasteiger partial charge on any atom is 0.326 e. The molecule has 4 nitrogen and oxygen atoms in total. The number of ether oxygens (including phenoxy) is 1. The van der Waals surface area contributed by atoms with Crippen molar-refractivity contribution in [3.8, 4) is 5.75 Å². The first kappa shape index (κ1) is 16.7. The molecule has 0 bridgehead atoms. The molecule has 1 aliphatic heterocycles. The third kappa shape index (κ3) is 3.36. The Bertz CT molecular complexity index is 748. The van der Waals surface area contributed by atoms with Crippen LogP contribution in [0.3, 0.4) is 0 Å². The molecule has 0 fully saturated rings. The van der Waals surface area contributed by atoms with Gasteiger partial charge in [-0.3, -0.25) is 4.90 Å². The zero-order valence-electron chi connectivity index (χ0n) is 14.2. The van der Waals surface area contributed by atoms with Crippen LogP contribution in [0.2, 0.25) is 0 Å². The van der Waals surface area contributed by atoms with Crippen LogP contribution in [0.4, 0.5) is 16.2 Å². The average Bonchev–Trinajstić information content (AvgIpc) is 2.60. The molecule has 24 heavy (non-hydrogen) atoms. The summed E-state index contributed by atoms with van der Waals surface area (Å²) in [4.78, 5) is 15.9. The third-order valence-corrected chi connectivity index (χ3v) is 5.55. The number of benzene rings is 2. The quantitative estimate of drug-likeness (QED) is 0.860. The minimum atomic E-state index is -0.120. The Kier molecular flexibility index (Phi) is 5.00. The monoisotopic (exact) mass is 342 g/mol. The van der Waals surface area contributed by atoms with E-state index in [0.29, 0.717) is 23.2 Å². The molecule has 126 valence electrons. The van der Waals surface area contributed by atoms with Gasteiger partial charge >= 0.3 is 6.03 Å². The first-order valence-corrected chi connectivity index (χ1v) is 8.99. The van der Waals surface area contributed by atoms with E-state index < -0.39 is 0 Å². The predicted molar refractivity (Wildman–Crippen MR) is 100 cm³/mol. The first-order valence-electron chi connectivity index (χ1n) is 8.11. The van der Waals surface area contributed by atoms with E-state index in [4.69, 9.17) is 4.74 Å². The first-order chi connectivity index (χ1) is 11.6. The van der Waals surface area contributed by atoms with Gasteiger partial charge in [0.15, 0.2) is 0 Å². The van der Waals surface area contributed by atoms with Gasteiger partial charge in [0.25, 0.3) is 0 Å². The highest BCUT2D eigenvalue weighted by molar-refractivity contribution is 8.00. The number of nitrogens with one attached hydrogen (secondary N) is 1. The van der Waals surface area contributed by atoms with Crippen LogP contribution in [0.25, 0.3) is 0 Å². The molecule has 2 amide bonds. The maximum atomic E-state index is 12.9. The molecule has 2 aromatic rings. The maximum absolute atomic E-state index is 12.9. The lowest BCUT2D eigenvalue weighted by Gasteiger charge is -2.33. The van der Waals surface area contributed by atoms with Crippen LogP contribution in [0.1, 0.15) is 18.9 Å². The van der Waals surface area contributed by atoms with Crippen molar-refractivity contribution in [1.82, 2.24) is 0 Å². The van der Waals surface area contributed by atoms with E-state index in [0.717, 1.165) is 22.6 Å². The van der Waals surface area contributed by atoms with E-state index in [1.54, 1.807) is 7.11 Å². The standard InChI is InChI=1S/C19H22N2O2S/c1-4-14-12-21(16-7-5-6-8-18(16)24-14)19(22)20-15-11-13(2)9-10-17(15)23-3/h5-11,14H,4,12H2,1-3H3,(H,20,22). The number of carbonyl (C=O) groups excluding carboxylic acids is 1. The highest BCUT2D eigenvalue weighted by atomic mass is 32.2. The number of para-hydroxylation sites is 1. The molecule has 1 N–H and O–H groups in total. The van der Waals surface area contributed by atoms with Crippen LogP contribution >= 0.6 is 11.8 Å². The number of urea groups is 1. The summed E-state index contributed by atoms with van der Waals surface area (Å²) >= 11 is 1.85. The molecule has 3 rings (SSSR count). The molecule has 5 heteroatoms. The lowest BCUT2D eigenvalue weighted by atomic mass is 10.2. The highest BCUT2D eigenvalue weighted by Crippen LogP contribution is 2.39. The summed E-state index contributed by atoms with van der Waals surface area (Å²) in [5, 5.41) is 3.42. The molecule has 2 aromatic carbocycles. The molecule has 1 unspecified atom stereocenters. The van der Waals surface area contributed by atoms with Crippen LogP contribution in [0.15, 0.2) is 47.4 Å². The molecule has 0 spiro atoms. The van der Waals surface area contributed by atoms with Gasteiger partial charge in [0, 0.05) is 16.7 Å². The topological polar surface area (TPSA) is 41.6 Å². The normalized spacial score (nSPS) is 16.5. The van der Waals surface area contributed by atoms with Gasteiger partial charge in [0.1, 0.15) is 5.75 Å². The number of amides is 2. The number of fused-ring (bicyclic) bond motifs is 1. The smallest absolute Gasteiger partial charge is 0.326 e. The lowest BCUT2D eigenvalue weighted by molar-refractivity contribution is 0.256. The largest absolute Gasteiger partial charge is 0.495 e. The Morgan fingerprint density at radius 1 is 1.33 bits per heavy atom. The van der Waals surface area contributed by atoms with Crippen molar-refractivity contribution in [3.05, 3.63) is 48.0 Å². The number of hydrogen-bond donors (Lipinski definition) is 1. The van der Waals surface area contributed by atoms with Gasteiger partial charge in [-0.2, -0.15) is 0 Å². The summed E-state index contributed by atoms with van der Waals surface area (Å²) in [6.07, 6.45) is 1.02. The molecular weight excluding hydrogens is 320 g/mol. The zero-order valence-corrected chi connectivity index (χ0v) is 15.0. The minimum Gasteiger partial charge on any atom is -0.495 e. The van der Waals surface area contributed by atoms with Crippen molar-refractivity contribution < 1.29 is 9.53 Å². The second kappa shape index (κ2) is 7.18. The fourth-order valence-corrected chi connectivity index (χ4v) is 4.01. The number of nitrogens with zero attached hydrogens (tertiary/aromatic N) is 1. The molecule has 1 heterocycles. The van der Waals surface area contributed by atoms with E-state index in [2.05, 4.69) is 18.3 Å². The van der Waals surface area contributed by atoms with Crippen LogP contribution < -0.4 is 15.0 Å². The van der Waals surface area contributed by atoms with Crippen LogP contribution in [-0.4, -0.2) is 24.9 Å². The van der Waals surface area contributed by atoms with E-state index in [1.807, 2.05) is 60.0 Å². The fourth-order valence-electron chi connectivity index (χ4n) is 2.81. The Morgan fingerprint density at radius 3 is 2.88 bits per heavy atom. The van der Waals surface area contributed by atoms with Crippen molar-refractivity contribution in [2.75, 3.05) is 23.9 Å². The van der Waals surface area contributed by atoms with E-state index in [9.17, 15) is 4.79 Å². The summed E-state index contributed by atoms with van der Waals surface area (Å²) in [6.45, 7) is 4.86. The van der Waals surface area contributed by atoms with Crippen molar-refractivity contribution in [1.29, 1.82) is 0 Å². The zero-order chi connectivity index (χ0) is 17.1. The SMILES string of the molecule is CCC1CN(C(=O)Nc2cc(C)ccc2OC)c2ccccc2S1. The third-order valence-electron chi connectivity index (χ3n) is 4.13. The molecular formula is C19H22N2O2S. The summed E-state index contributed by atoms with van der Waals surface area (Å²) < 4.78 is 5.36.